The highest BCUT2D eigenvalue weighted by molar-refractivity contribution is 8.00. The first-order valence-corrected chi connectivity index (χ1v) is 7.77. The van der Waals surface area contributed by atoms with Gasteiger partial charge in [0.2, 0.25) is 0 Å². The minimum absolute atomic E-state index is 0.762. The minimum atomic E-state index is 0.762. The number of anilines is 1. The monoisotopic (exact) mass is 265 g/mol. The molecule has 0 amide bonds. The molecule has 1 fully saturated rings. The zero-order valence-corrected chi connectivity index (χ0v) is 12.4. The van der Waals surface area contributed by atoms with E-state index < -0.39 is 0 Å². The zero-order chi connectivity index (χ0) is 13.0. The lowest BCUT2D eigenvalue weighted by Crippen LogP contribution is -2.38. The molecule has 3 nitrogen and oxygen atoms in total. The van der Waals surface area contributed by atoms with E-state index in [0.29, 0.717) is 0 Å². The third-order valence-corrected chi connectivity index (χ3v) is 4.84. The van der Waals surface area contributed by atoms with Gasteiger partial charge in [-0.2, -0.15) is 11.8 Å². The maximum absolute atomic E-state index is 4.76. The number of aromatic nitrogens is 1. The van der Waals surface area contributed by atoms with Gasteiger partial charge in [0.25, 0.3) is 0 Å². The fraction of sp³-hybridized carbons (Fsp3) is 0.643. The van der Waals surface area contributed by atoms with E-state index in [2.05, 4.69) is 48.0 Å². The van der Waals surface area contributed by atoms with Gasteiger partial charge in [-0.05, 0) is 32.0 Å². The van der Waals surface area contributed by atoms with Crippen molar-refractivity contribution in [2.24, 2.45) is 0 Å². The second-order valence-electron chi connectivity index (χ2n) is 4.79. The Bertz CT molecular complexity index is 395. The van der Waals surface area contributed by atoms with Crippen LogP contribution in [0.15, 0.2) is 12.1 Å². The molecule has 0 saturated carbocycles. The third-order valence-electron chi connectivity index (χ3n) is 3.47. The average Bonchev–Trinajstić information content (AvgIpc) is 2.41. The lowest BCUT2D eigenvalue weighted by molar-refractivity contribution is 0.717. The fourth-order valence-electron chi connectivity index (χ4n) is 2.30. The number of thioether (sulfide) groups is 1. The predicted molar refractivity (Wildman–Crippen MR) is 80.5 cm³/mol. The molecule has 0 aliphatic carbocycles. The summed E-state index contributed by atoms with van der Waals surface area (Å²) in [6, 6.07) is 4.37. The van der Waals surface area contributed by atoms with Crippen molar-refractivity contribution in [3.63, 3.8) is 0 Å². The molecule has 1 aromatic heterocycles. The lowest BCUT2D eigenvalue weighted by atomic mass is 10.2. The van der Waals surface area contributed by atoms with Crippen LogP contribution in [0.3, 0.4) is 0 Å². The molecule has 0 bridgehead atoms. The Morgan fingerprint density at radius 3 is 3.00 bits per heavy atom. The van der Waals surface area contributed by atoms with Crippen molar-refractivity contribution in [2.45, 2.75) is 32.1 Å². The predicted octanol–water partition coefficient (Wildman–Crippen LogP) is 2.44. The number of aryl methyl sites for hydroxylation is 1. The number of nitrogens with zero attached hydrogens (tertiary/aromatic N) is 2. The summed E-state index contributed by atoms with van der Waals surface area (Å²) in [5, 5.41) is 3.94. The minimum Gasteiger partial charge on any atom is -0.355 e. The van der Waals surface area contributed by atoms with E-state index in [-0.39, 0.29) is 0 Å². The van der Waals surface area contributed by atoms with Gasteiger partial charge in [0.05, 0.1) is 0 Å². The highest BCUT2D eigenvalue weighted by atomic mass is 32.2. The Kier molecular flexibility index (Phi) is 4.89. The van der Waals surface area contributed by atoms with Crippen molar-refractivity contribution in [2.75, 3.05) is 30.8 Å². The molecule has 0 spiro atoms. The van der Waals surface area contributed by atoms with Crippen molar-refractivity contribution >= 4 is 17.6 Å². The van der Waals surface area contributed by atoms with Gasteiger partial charge in [0, 0.05) is 36.3 Å². The molecule has 1 aliphatic rings. The maximum atomic E-state index is 4.76. The molecule has 2 rings (SSSR count). The van der Waals surface area contributed by atoms with Crippen LogP contribution in [0.5, 0.6) is 0 Å². The van der Waals surface area contributed by atoms with Crippen LogP contribution in [0.1, 0.15) is 24.6 Å². The average molecular weight is 265 g/mol. The third kappa shape index (κ3) is 3.18. The van der Waals surface area contributed by atoms with Crippen LogP contribution < -0.4 is 10.2 Å². The second-order valence-corrected chi connectivity index (χ2v) is 6.20. The van der Waals surface area contributed by atoms with Crippen LogP contribution in [-0.2, 0) is 6.54 Å². The van der Waals surface area contributed by atoms with Crippen LogP contribution in [0.4, 0.5) is 5.82 Å². The molecule has 1 N–H and O–H groups in total. The quantitative estimate of drug-likeness (QED) is 0.905. The Morgan fingerprint density at radius 1 is 1.50 bits per heavy atom. The van der Waals surface area contributed by atoms with Crippen LogP contribution >= 0.6 is 11.8 Å². The molecule has 4 heteroatoms. The Balaban J connectivity index is 2.10. The van der Waals surface area contributed by atoms with Gasteiger partial charge in [-0.15, -0.1) is 0 Å². The van der Waals surface area contributed by atoms with Gasteiger partial charge in [-0.25, -0.2) is 4.98 Å². The van der Waals surface area contributed by atoms with Crippen molar-refractivity contribution < 1.29 is 0 Å². The second kappa shape index (κ2) is 6.43. The summed E-state index contributed by atoms with van der Waals surface area (Å²) in [6.07, 6.45) is 1.25. The highest BCUT2D eigenvalue weighted by Crippen LogP contribution is 2.25. The summed E-state index contributed by atoms with van der Waals surface area (Å²) in [4.78, 5) is 7.19. The molecule has 1 unspecified atom stereocenters. The standard InChI is InChI=1S/C14H23N3S/c1-4-13-10-17(7-8-18-13)14-6-5-12(9-15-3)11(2)16-14/h5-6,13,15H,4,7-10H2,1-3H3. The number of pyridine rings is 1. The molecule has 2 heterocycles. The Labute approximate surface area is 114 Å². The number of hydrogen-bond donors (Lipinski definition) is 1. The van der Waals surface area contributed by atoms with E-state index in [1.807, 2.05) is 7.05 Å². The van der Waals surface area contributed by atoms with Gasteiger partial charge in [0.1, 0.15) is 5.82 Å². The summed E-state index contributed by atoms with van der Waals surface area (Å²) in [7, 11) is 1.97. The zero-order valence-electron chi connectivity index (χ0n) is 11.6. The topological polar surface area (TPSA) is 28.2 Å². The molecule has 100 valence electrons. The molecule has 1 aromatic rings. The van der Waals surface area contributed by atoms with Crippen molar-refractivity contribution in [3.05, 3.63) is 23.4 Å². The summed E-state index contributed by atoms with van der Waals surface area (Å²) >= 11 is 2.10. The molecule has 1 aliphatic heterocycles. The van der Waals surface area contributed by atoms with Gasteiger partial charge in [-0.1, -0.05) is 13.0 Å². The summed E-state index contributed by atoms with van der Waals surface area (Å²) in [5.41, 5.74) is 2.44. The maximum Gasteiger partial charge on any atom is 0.128 e. The van der Waals surface area contributed by atoms with E-state index in [0.717, 1.165) is 36.4 Å². The molecule has 1 atom stereocenters. The SMILES string of the molecule is CCC1CN(c2ccc(CNC)c(C)n2)CCS1. The van der Waals surface area contributed by atoms with Crippen LogP contribution in [-0.4, -0.2) is 36.1 Å². The summed E-state index contributed by atoms with van der Waals surface area (Å²) in [6.45, 7) is 7.53. The Morgan fingerprint density at radius 2 is 2.33 bits per heavy atom. The Hall–Kier alpha value is -0.740. The summed E-state index contributed by atoms with van der Waals surface area (Å²) in [5.74, 6) is 2.36. The fourth-order valence-corrected chi connectivity index (χ4v) is 3.48. The molecule has 0 radical (unpaired) electrons. The van der Waals surface area contributed by atoms with Crippen molar-refractivity contribution in [1.29, 1.82) is 0 Å². The highest BCUT2D eigenvalue weighted by Gasteiger charge is 2.20. The molecular formula is C14H23N3S. The molecule has 18 heavy (non-hydrogen) atoms. The normalized spacial score (nSPS) is 20.2. The number of hydrogen-bond acceptors (Lipinski definition) is 4. The van der Waals surface area contributed by atoms with E-state index in [4.69, 9.17) is 4.98 Å². The first-order chi connectivity index (χ1) is 8.74. The van der Waals surface area contributed by atoms with Crippen LogP contribution in [0.2, 0.25) is 0 Å². The van der Waals surface area contributed by atoms with Gasteiger partial charge < -0.3 is 10.2 Å². The van der Waals surface area contributed by atoms with Crippen LogP contribution in [0, 0.1) is 6.92 Å². The first-order valence-electron chi connectivity index (χ1n) is 6.72. The van der Waals surface area contributed by atoms with E-state index in [1.54, 1.807) is 0 Å². The summed E-state index contributed by atoms with van der Waals surface area (Å²) < 4.78 is 0. The smallest absolute Gasteiger partial charge is 0.128 e. The van der Waals surface area contributed by atoms with Crippen molar-refractivity contribution in [1.82, 2.24) is 10.3 Å². The van der Waals surface area contributed by atoms with Crippen molar-refractivity contribution in [3.8, 4) is 0 Å². The van der Waals surface area contributed by atoms with E-state index >= 15 is 0 Å². The largest absolute Gasteiger partial charge is 0.355 e. The van der Waals surface area contributed by atoms with Gasteiger partial charge >= 0.3 is 0 Å². The number of rotatable bonds is 4. The van der Waals surface area contributed by atoms with Gasteiger partial charge in [-0.3, -0.25) is 0 Å². The van der Waals surface area contributed by atoms with E-state index in [9.17, 15) is 0 Å². The first kappa shape index (κ1) is 13.7. The van der Waals surface area contributed by atoms with E-state index in [1.165, 1.54) is 17.7 Å². The molecule has 1 saturated heterocycles. The van der Waals surface area contributed by atoms with Gasteiger partial charge in [0.15, 0.2) is 0 Å². The lowest BCUT2D eigenvalue weighted by Gasteiger charge is -2.33. The molecule has 0 aromatic carbocycles. The molecular weight excluding hydrogens is 242 g/mol. The van der Waals surface area contributed by atoms with Crippen LogP contribution in [0.25, 0.3) is 0 Å². The number of nitrogens with one attached hydrogen (secondary N) is 1.